The monoisotopic (exact) mass is 220 g/mol. The number of hydrogen-bond acceptors (Lipinski definition) is 3. The van der Waals surface area contributed by atoms with E-state index in [4.69, 9.17) is 4.74 Å². The fourth-order valence-electron chi connectivity index (χ4n) is 1.64. The number of carbonyl (C=O) groups excluding carboxylic acids is 1. The van der Waals surface area contributed by atoms with Crippen molar-refractivity contribution in [2.24, 2.45) is 0 Å². The average Bonchev–Trinajstić information content (AvgIpc) is 2.27. The van der Waals surface area contributed by atoms with Crippen LogP contribution < -0.4 is 15.4 Å². The van der Waals surface area contributed by atoms with E-state index in [-0.39, 0.29) is 11.9 Å². The molecular weight excluding hydrogens is 204 g/mol. The molecule has 0 unspecified atom stereocenters. The fourth-order valence-corrected chi connectivity index (χ4v) is 1.64. The highest BCUT2D eigenvalue weighted by Crippen LogP contribution is 2.28. The molecule has 0 radical (unpaired) electrons. The van der Waals surface area contributed by atoms with Crippen LogP contribution in [0.3, 0.4) is 0 Å². The van der Waals surface area contributed by atoms with Gasteiger partial charge in [-0.05, 0) is 26.0 Å². The standard InChI is InChI=1S/C12H16N2O2/c1-8(2)14-12(15)11-7-13-9-5-3-4-6-10(9)16-11/h3-6,8,11,13H,7H2,1-2H3,(H,14,15)/t11-/m0/s1. The van der Waals surface area contributed by atoms with Gasteiger partial charge in [-0.1, -0.05) is 12.1 Å². The number of fused-ring (bicyclic) bond motifs is 1. The van der Waals surface area contributed by atoms with Gasteiger partial charge in [0.15, 0.2) is 6.10 Å². The topological polar surface area (TPSA) is 50.4 Å². The van der Waals surface area contributed by atoms with Gasteiger partial charge in [0.2, 0.25) is 0 Å². The van der Waals surface area contributed by atoms with Crippen LogP contribution in [0.5, 0.6) is 5.75 Å². The number of ether oxygens (including phenoxy) is 1. The van der Waals surface area contributed by atoms with Crippen LogP contribution in [0.1, 0.15) is 13.8 Å². The molecule has 0 bridgehead atoms. The van der Waals surface area contributed by atoms with Crippen molar-refractivity contribution in [3.63, 3.8) is 0 Å². The SMILES string of the molecule is CC(C)NC(=O)[C@@H]1CNc2ccccc2O1. The van der Waals surface area contributed by atoms with Crippen molar-refractivity contribution in [2.45, 2.75) is 26.0 Å². The zero-order valence-corrected chi connectivity index (χ0v) is 9.49. The van der Waals surface area contributed by atoms with E-state index in [0.717, 1.165) is 11.4 Å². The predicted molar refractivity (Wildman–Crippen MR) is 62.6 cm³/mol. The van der Waals surface area contributed by atoms with Gasteiger partial charge in [-0.3, -0.25) is 4.79 Å². The third-order valence-electron chi connectivity index (χ3n) is 2.36. The Kier molecular flexibility index (Phi) is 2.99. The van der Waals surface area contributed by atoms with E-state index >= 15 is 0 Å². The van der Waals surface area contributed by atoms with Gasteiger partial charge in [0.05, 0.1) is 12.2 Å². The van der Waals surface area contributed by atoms with Crippen LogP contribution in [0.15, 0.2) is 24.3 Å². The Morgan fingerprint density at radius 3 is 3.00 bits per heavy atom. The molecule has 0 spiro atoms. The maximum absolute atomic E-state index is 11.7. The lowest BCUT2D eigenvalue weighted by molar-refractivity contribution is -0.128. The molecule has 1 atom stereocenters. The molecule has 1 aliphatic rings. The molecule has 4 heteroatoms. The zero-order chi connectivity index (χ0) is 11.5. The number of benzene rings is 1. The van der Waals surface area contributed by atoms with Gasteiger partial charge in [-0.2, -0.15) is 0 Å². The summed E-state index contributed by atoms with van der Waals surface area (Å²) in [6.07, 6.45) is -0.447. The van der Waals surface area contributed by atoms with E-state index in [2.05, 4.69) is 10.6 Å². The Morgan fingerprint density at radius 1 is 1.50 bits per heavy atom. The summed E-state index contributed by atoms with van der Waals surface area (Å²) in [5.41, 5.74) is 0.941. The van der Waals surface area contributed by atoms with E-state index in [0.29, 0.717) is 6.54 Å². The molecule has 16 heavy (non-hydrogen) atoms. The van der Waals surface area contributed by atoms with Crippen molar-refractivity contribution in [1.82, 2.24) is 5.32 Å². The van der Waals surface area contributed by atoms with Crippen molar-refractivity contribution < 1.29 is 9.53 Å². The maximum atomic E-state index is 11.7. The molecule has 0 aliphatic carbocycles. The molecule has 86 valence electrons. The summed E-state index contributed by atoms with van der Waals surface area (Å²) in [4.78, 5) is 11.7. The van der Waals surface area contributed by atoms with Crippen molar-refractivity contribution in [3.05, 3.63) is 24.3 Å². The first kappa shape index (κ1) is 10.8. The van der Waals surface area contributed by atoms with Crippen molar-refractivity contribution in [1.29, 1.82) is 0 Å². The molecule has 1 aliphatic heterocycles. The molecule has 1 heterocycles. The van der Waals surface area contributed by atoms with E-state index in [1.165, 1.54) is 0 Å². The van der Waals surface area contributed by atoms with Gasteiger partial charge in [-0.15, -0.1) is 0 Å². The maximum Gasteiger partial charge on any atom is 0.263 e. The number of carbonyl (C=O) groups is 1. The lowest BCUT2D eigenvalue weighted by Crippen LogP contribution is -2.46. The van der Waals surface area contributed by atoms with Gasteiger partial charge >= 0.3 is 0 Å². The first-order valence-corrected chi connectivity index (χ1v) is 5.47. The molecule has 0 saturated carbocycles. The van der Waals surface area contributed by atoms with Gasteiger partial charge < -0.3 is 15.4 Å². The van der Waals surface area contributed by atoms with E-state index < -0.39 is 6.10 Å². The molecule has 0 saturated heterocycles. The summed E-state index contributed by atoms with van der Waals surface area (Å²) in [5.74, 6) is 0.662. The number of para-hydroxylation sites is 2. The quantitative estimate of drug-likeness (QED) is 0.791. The summed E-state index contributed by atoms with van der Waals surface area (Å²) in [6.45, 7) is 4.37. The van der Waals surface area contributed by atoms with Gasteiger partial charge in [0, 0.05) is 6.04 Å². The van der Waals surface area contributed by atoms with Crippen molar-refractivity contribution in [3.8, 4) is 5.75 Å². The Morgan fingerprint density at radius 2 is 2.25 bits per heavy atom. The van der Waals surface area contributed by atoms with Crippen LogP contribution in [0.2, 0.25) is 0 Å². The lowest BCUT2D eigenvalue weighted by Gasteiger charge is -2.27. The minimum Gasteiger partial charge on any atom is -0.477 e. The molecule has 2 rings (SSSR count). The van der Waals surface area contributed by atoms with Crippen LogP contribution in [-0.4, -0.2) is 24.6 Å². The molecule has 0 fully saturated rings. The number of hydrogen-bond donors (Lipinski definition) is 2. The van der Waals surface area contributed by atoms with Gasteiger partial charge in [0.1, 0.15) is 5.75 Å². The minimum absolute atomic E-state index is 0.0722. The van der Waals surface area contributed by atoms with Crippen LogP contribution in [0.25, 0.3) is 0 Å². The number of amides is 1. The Labute approximate surface area is 95.0 Å². The molecule has 4 nitrogen and oxygen atoms in total. The Hall–Kier alpha value is -1.71. The van der Waals surface area contributed by atoms with Crippen LogP contribution >= 0.6 is 0 Å². The van der Waals surface area contributed by atoms with E-state index in [1.54, 1.807) is 0 Å². The predicted octanol–water partition coefficient (Wildman–Crippen LogP) is 1.38. The van der Waals surface area contributed by atoms with Gasteiger partial charge in [-0.25, -0.2) is 0 Å². The summed E-state index contributed by atoms with van der Waals surface area (Å²) < 4.78 is 5.62. The molecule has 2 N–H and O–H groups in total. The van der Waals surface area contributed by atoms with Crippen LogP contribution in [0, 0.1) is 0 Å². The molecule has 1 aromatic rings. The highest BCUT2D eigenvalue weighted by Gasteiger charge is 2.25. The third-order valence-corrected chi connectivity index (χ3v) is 2.36. The normalized spacial score (nSPS) is 18.3. The third kappa shape index (κ3) is 2.27. The number of rotatable bonds is 2. The first-order chi connectivity index (χ1) is 7.66. The van der Waals surface area contributed by atoms with Crippen molar-refractivity contribution in [2.75, 3.05) is 11.9 Å². The fraction of sp³-hybridized carbons (Fsp3) is 0.417. The van der Waals surface area contributed by atoms with E-state index in [9.17, 15) is 4.79 Å². The summed E-state index contributed by atoms with van der Waals surface area (Å²) in [6, 6.07) is 7.75. The molecule has 0 aromatic heterocycles. The highest BCUT2D eigenvalue weighted by molar-refractivity contribution is 5.83. The van der Waals surface area contributed by atoms with Crippen molar-refractivity contribution >= 4 is 11.6 Å². The molecule has 1 aromatic carbocycles. The second-order valence-electron chi connectivity index (χ2n) is 4.15. The number of anilines is 1. The second-order valence-corrected chi connectivity index (χ2v) is 4.15. The number of nitrogens with one attached hydrogen (secondary N) is 2. The average molecular weight is 220 g/mol. The van der Waals surface area contributed by atoms with Crippen LogP contribution in [0.4, 0.5) is 5.69 Å². The lowest BCUT2D eigenvalue weighted by atomic mass is 10.2. The van der Waals surface area contributed by atoms with Gasteiger partial charge in [0.25, 0.3) is 5.91 Å². The molecular formula is C12H16N2O2. The smallest absolute Gasteiger partial charge is 0.263 e. The summed E-state index contributed by atoms with van der Waals surface area (Å²) in [5, 5.41) is 6.02. The zero-order valence-electron chi connectivity index (χ0n) is 9.49. The minimum atomic E-state index is -0.447. The summed E-state index contributed by atoms with van der Waals surface area (Å²) in [7, 11) is 0. The largest absolute Gasteiger partial charge is 0.477 e. The van der Waals surface area contributed by atoms with Crippen LogP contribution in [-0.2, 0) is 4.79 Å². The summed E-state index contributed by atoms with van der Waals surface area (Å²) >= 11 is 0. The first-order valence-electron chi connectivity index (χ1n) is 5.47. The second kappa shape index (κ2) is 4.43. The molecule has 1 amide bonds. The highest BCUT2D eigenvalue weighted by atomic mass is 16.5. The Bertz CT molecular complexity index is 390. The van der Waals surface area contributed by atoms with E-state index in [1.807, 2.05) is 38.1 Å². The Balaban J connectivity index is 2.05.